The molecule has 0 amide bonds. The second-order valence-corrected chi connectivity index (χ2v) is 11.9. The van der Waals surface area contributed by atoms with E-state index in [9.17, 15) is 13.7 Å². The first-order valence-corrected chi connectivity index (χ1v) is 15.6. The minimum Gasteiger partial charge on any atom is -0.455 e. The topological polar surface area (TPSA) is 16.4 Å². The molecule has 8 aromatic carbocycles. The molecule has 3 heteroatoms. The molecule has 0 aliphatic rings. The summed E-state index contributed by atoms with van der Waals surface area (Å²) in [5, 5.41) is -0.142. The van der Waals surface area contributed by atoms with Crippen LogP contribution in [0.4, 0.5) is 17.1 Å². The van der Waals surface area contributed by atoms with Gasteiger partial charge in [-0.2, -0.15) is 0 Å². The number of rotatable bonds is 5. The molecule has 230 valence electrons. The van der Waals surface area contributed by atoms with Crippen molar-refractivity contribution < 1.29 is 34.6 Å². The van der Waals surface area contributed by atoms with Crippen LogP contribution in [0.5, 0.6) is 0 Å². The summed E-state index contributed by atoms with van der Waals surface area (Å²) >= 11 is 1.43. The van der Waals surface area contributed by atoms with Gasteiger partial charge in [-0.15, -0.1) is 11.3 Å². The predicted octanol–water partition coefficient (Wildman–Crippen LogP) is 13.9. The molecule has 2 aromatic heterocycles. The lowest BCUT2D eigenvalue weighted by molar-refractivity contribution is 0.672. The van der Waals surface area contributed by atoms with Crippen LogP contribution in [-0.4, -0.2) is 0 Å². The normalized spacial score (nSPS) is 18.0. The molecule has 2 nitrogen and oxygen atoms in total. The Morgan fingerprint density at radius 1 is 0.490 bits per heavy atom. The minimum atomic E-state index is -1.09. The van der Waals surface area contributed by atoms with E-state index < -0.39 is 194 Å². The van der Waals surface area contributed by atoms with E-state index in [1.165, 1.54) is 11.3 Å². The van der Waals surface area contributed by atoms with Crippen molar-refractivity contribution in [1.82, 2.24) is 0 Å². The number of thiophene rings is 1. The van der Waals surface area contributed by atoms with E-state index >= 15 is 0 Å². The Balaban J connectivity index is 1.38. The first kappa shape index (κ1) is 13.8. The van der Waals surface area contributed by atoms with E-state index in [0.29, 0.717) is 4.90 Å². The molecule has 0 radical (unpaired) electrons. The van der Waals surface area contributed by atoms with Crippen molar-refractivity contribution in [3.8, 4) is 22.3 Å². The zero-order valence-corrected chi connectivity index (χ0v) is 25.6. The molecule has 0 spiro atoms. The maximum atomic E-state index is 9.66. The lowest BCUT2D eigenvalue weighted by Crippen LogP contribution is -2.10. The van der Waals surface area contributed by atoms with Crippen LogP contribution in [0, 0.1) is 0 Å². The summed E-state index contributed by atoms with van der Waals surface area (Å²) in [5.74, 6) is 0. The number of furan rings is 1. The number of nitrogens with zero attached hydrogens (tertiary/aromatic N) is 1. The van der Waals surface area contributed by atoms with Gasteiger partial charge in [-0.3, -0.25) is 0 Å². The third kappa shape index (κ3) is 4.62. The zero-order valence-electron chi connectivity index (χ0n) is 46.8. The molecule has 0 N–H and O–H groups in total. The summed E-state index contributed by atoms with van der Waals surface area (Å²) in [6.07, 6.45) is 0. The van der Waals surface area contributed by atoms with Crippen molar-refractivity contribution in [2.45, 2.75) is 0 Å². The van der Waals surface area contributed by atoms with Crippen LogP contribution in [0.1, 0.15) is 30.2 Å². The highest BCUT2D eigenvalue weighted by Crippen LogP contribution is 2.45. The average molecular weight is 666 g/mol. The maximum Gasteiger partial charge on any atom is 0.143 e. The fourth-order valence-electron chi connectivity index (χ4n) is 5.82. The van der Waals surface area contributed by atoms with E-state index in [1.54, 1.807) is 18.2 Å². The Hall–Kier alpha value is -6.16. The molecule has 0 bridgehead atoms. The Morgan fingerprint density at radius 2 is 1.18 bits per heavy atom. The van der Waals surface area contributed by atoms with Crippen LogP contribution >= 0.6 is 11.3 Å². The van der Waals surface area contributed by atoms with E-state index in [4.69, 9.17) is 20.9 Å². The third-order valence-electron chi connectivity index (χ3n) is 8.04. The molecule has 0 atom stereocenters. The molecule has 10 rings (SSSR count). The molecule has 10 aromatic rings. The van der Waals surface area contributed by atoms with Crippen molar-refractivity contribution in [3.05, 3.63) is 175 Å². The lowest BCUT2D eigenvalue weighted by Gasteiger charge is -2.26. The summed E-state index contributed by atoms with van der Waals surface area (Å²) in [7, 11) is 0. The van der Waals surface area contributed by atoms with E-state index in [1.807, 2.05) is 24.3 Å². The van der Waals surface area contributed by atoms with E-state index in [-0.39, 0.29) is 11.1 Å². The minimum absolute atomic E-state index is 0.209. The average Bonchev–Trinajstić information content (AvgIpc) is 3.93. The molecule has 2 heterocycles. The van der Waals surface area contributed by atoms with Gasteiger partial charge >= 0.3 is 0 Å². The molecule has 0 unspecified atom stereocenters. The number of hydrogen-bond donors (Lipinski definition) is 0. The number of benzene rings is 8. The fourth-order valence-corrected chi connectivity index (χ4v) is 6.96. The fraction of sp³-hybridized carbons (Fsp3) is 0. The van der Waals surface area contributed by atoms with E-state index in [2.05, 4.69) is 0 Å². The highest BCUT2D eigenvalue weighted by molar-refractivity contribution is 7.25. The van der Waals surface area contributed by atoms with Crippen LogP contribution in [0.25, 0.3) is 75.1 Å². The Bertz CT molecular complexity index is 4020. The van der Waals surface area contributed by atoms with Crippen LogP contribution in [-0.2, 0) is 0 Å². The van der Waals surface area contributed by atoms with Gasteiger partial charge < -0.3 is 9.32 Å². The third-order valence-corrected chi connectivity index (χ3v) is 9.17. The van der Waals surface area contributed by atoms with Crippen LogP contribution in [0.2, 0.25) is 0 Å². The van der Waals surface area contributed by atoms with Crippen LogP contribution < -0.4 is 4.90 Å². The monoisotopic (exact) mass is 665 g/mol. The van der Waals surface area contributed by atoms with Crippen molar-refractivity contribution >= 4 is 81.3 Å². The predicted molar refractivity (Wildman–Crippen MR) is 210 cm³/mol. The van der Waals surface area contributed by atoms with Crippen LogP contribution in [0.15, 0.2) is 180 Å². The van der Waals surface area contributed by atoms with Gasteiger partial charge in [0.05, 0.1) is 41.2 Å². The highest BCUT2D eigenvalue weighted by Gasteiger charge is 2.20. The second-order valence-electron chi connectivity index (χ2n) is 10.8. The Morgan fingerprint density at radius 3 is 2.00 bits per heavy atom. The SMILES string of the molecule is [2H]c1c([2H])c([2H])c(-c2c([2H])c([2H])c(N(c3c([2H])c([2H])c(-c4ccc5c(c4)sc4ccccc45)c([2H])c3[2H])c3c([2H])c([2H])c([2H])c4oc5c6c([2H])c([2H])c([2H])c([2H])c6c([2H])c([2H])c5c34)c([2H])c2[2H])c([2H])c1[2H]. The van der Waals surface area contributed by atoms with Crippen molar-refractivity contribution in [2.24, 2.45) is 0 Å². The molecule has 0 saturated heterocycles. The summed E-state index contributed by atoms with van der Waals surface area (Å²) in [4.78, 5) is 0.622. The van der Waals surface area contributed by atoms with Gasteiger partial charge in [0.25, 0.3) is 0 Å². The number of anilines is 3. The lowest BCUT2D eigenvalue weighted by atomic mass is 10.0. The Kier molecular flexibility index (Phi) is 3.15. The second kappa shape index (κ2) is 11.2. The number of hydrogen-bond acceptors (Lipinski definition) is 3. The molecular weight excluding hydrogens is 615 g/mol. The first-order chi connectivity index (χ1) is 33.5. The zero-order chi connectivity index (χ0) is 51.5. The maximum absolute atomic E-state index is 9.66. The molecule has 0 aliphatic heterocycles. The molecule has 0 aliphatic carbocycles. The quantitative estimate of drug-likeness (QED) is 0.182. The standard InChI is InChI=1S/C46H29NOS/c1-2-9-30(10-3-1)31-17-23-35(24-18-31)47(41-14-8-15-42-45(41)40-28-21-33-11-4-5-12-37(33)46(40)48-42)36-25-19-32(20-26-36)34-22-27-39-38-13-6-7-16-43(38)49-44(39)29-34/h1-29H/i1D,2D,3D,4D,5D,8D,9D,10D,11D,12D,14D,15D,17D,18D,19D,20D,21D,23D,24D,25D,26D,28D. The van der Waals surface area contributed by atoms with Gasteiger partial charge in [0.2, 0.25) is 0 Å². The Labute approximate surface area is 318 Å². The van der Waals surface area contributed by atoms with Gasteiger partial charge in [-0.25, -0.2) is 0 Å². The van der Waals surface area contributed by atoms with Crippen LogP contribution in [0.3, 0.4) is 0 Å². The first-order valence-electron chi connectivity index (χ1n) is 25.8. The summed E-state index contributed by atoms with van der Waals surface area (Å²) in [5.41, 5.74) is -5.18. The molecule has 0 fully saturated rings. The molecular formula is C46H29NOS. The highest BCUT2D eigenvalue weighted by atomic mass is 32.1. The summed E-state index contributed by atoms with van der Waals surface area (Å²) in [6, 6.07) is -6.32. The van der Waals surface area contributed by atoms with Crippen molar-refractivity contribution in [2.75, 3.05) is 4.90 Å². The van der Waals surface area contributed by atoms with Gasteiger partial charge in [-0.1, -0.05) is 121 Å². The van der Waals surface area contributed by atoms with Gasteiger partial charge in [0.15, 0.2) is 0 Å². The molecule has 0 saturated carbocycles. The van der Waals surface area contributed by atoms with E-state index in [0.717, 1.165) is 20.2 Å². The van der Waals surface area contributed by atoms with Gasteiger partial charge in [0.1, 0.15) is 11.2 Å². The number of fused-ring (bicyclic) bond motifs is 8. The smallest absolute Gasteiger partial charge is 0.143 e. The largest absolute Gasteiger partial charge is 0.455 e. The van der Waals surface area contributed by atoms with Crippen molar-refractivity contribution in [1.29, 1.82) is 0 Å². The van der Waals surface area contributed by atoms with Gasteiger partial charge in [-0.05, 0) is 82.1 Å². The molecule has 49 heavy (non-hydrogen) atoms. The van der Waals surface area contributed by atoms with Gasteiger partial charge in [0, 0.05) is 42.3 Å². The summed E-state index contributed by atoms with van der Waals surface area (Å²) < 4.78 is 206. The van der Waals surface area contributed by atoms with Crippen molar-refractivity contribution in [3.63, 3.8) is 0 Å². The summed E-state index contributed by atoms with van der Waals surface area (Å²) in [6.45, 7) is 0.